The summed E-state index contributed by atoms with van der Waals surface area (Å²) in [7, 11) is 0. The van der Waals surface area contributed by atoms with Gasteiger partial charge in [0.2, 0.25) is 6.08 Å². The summed E-state index contributed by atoms with van der Waals surface area (Å²) in [5.74, 6) is 0. The average molecular weight is 174 g/mol. The van der Waals surface area contributed by atoms with Gasteiger partial charge in [0.05, 0.1) is 13.1 Å². The van der Waals surface area contributed by atoms with Crippen molar-refractivity contribution in [2.45, 2.75) is 13.1 Å². The molecule has 0 fully saturated rings. The molecule has 3 nitrogen and oxygen atoms in total. The van der Waals surface area contributed by atoms with Crippen LogP contribution in [0.15, 0.2) is 34.3 Å². The Morgan fingerprint density at radius 1 is 1.15 bits per heavy atom. The third-order valence-electron chi connectivity index (χ3n) is 1.64. The van der Waals surface area contributed by atoms with E-state index in [-0.39, 0.29) is 0 Å². The molecule has 0 spiro atoms. The van der Waals surface area contributed by atoms with Crippen molar-refractivity contribution in [2.75, 3.05) is 0 Å². The largest absolute Gasteiger partial charge is 0.296 e. The number of isocyanates is 1. The predicted molar refractivity (Wildman–Crippen MR) is 51.5 cm³/mol. The molecule has 3 heteroatoms. The van der Waals surface area contributed by atoms with Crippen LogP contribution < -0.4 is 0 Å². The number of nitrogens with zero attached hydrogens (tertiary/aromatic N) is 2. The third-order valence-corrected chi connectivity index (χ3v) is 1.64. The van der Waals surface area contributed by atoms with Crippen molar-refractivity contribution in [3.63, 3.8) is 0 Å². The fourth-order valence-corrected chi connectivity index (χ4v) is 1.00. The van der Waals surface area contributed by atoms with E-state index >= 15 is 0 Å². The van der Waals surface area contributed by atoms with Crippen LogP contribution in [0.4, 0.5) is 0 Å². The predicted octanol–water partition coefficient (Wildman–Crippen LogP) is 1.72. The van der Waals surface area contributed by atoms with Gasteiger partial charge in [0.25, 0.3) is 0 Å². The number of hydrogen-bond donors (Lipinski definition) is 0. The summed E-state index contributed by atoms with van der Waals surface area (Å²) in [5.41, 5.74) is 2.10. The van der Waals surface area contributed by atoms with Gasteiger partial charge in [-0.25, -0.2) is 9.79 Å². The maximum atomic E-state index is 9.83. The molecule has 0 heterocycles. The fourth-order valence-electron chi connectivity index (χ4n) is 1.00. The standard InChI is InChI=1S/C10H10N2O/c1-11-6-9-2-4-10(5-3-9)7-12-8-13/h2-5H,1,6-7H2. The Kier molecular flexibility index (Phi) is 3.61. The average Bonchev–Trinajstić information content (AvgIpc) is 2.17. The van der Waals surface area contributed by atoms with Crippen LogP contribution in [0, 0.1) is 0 Å². The van der Waals surface area contributed by atoms with E-state index in [1.165, 1.54) is 6.08 Å². The minimum absolute atomic E-state index is 0.394. The summed E-state index contributed by atoms with van der Waals surface area (Å²) in [6, 6.07) is 7.73. The highest BCUT2D eigenvalue weighted by Gasteiger charge is 1.91. The minimum Gasteiger partial charge on any atom is -0.296 e. The first-order valence-corrected chi connectivity index (χ1v) is 3.90. The quantitative estimate of drug-likeness (QED) is 0.506. The molecule has 0 bridgehead atoms. The van der Waals surface area contributed by atoms with Crippen LogP contribution in [-0.2, 0) is 17.9 Å². The molecule has 13 heavy (non-hydrogen) atoms. The van der Waals surface area contributed by atoms with Crippen LogP contribution in [0.25, 0.3) is 0 Å². The fraction of sp³-hybridized carbons (Fsp3) is 0.200. The van der Waals surface area contributed by atoms with E-state index in [0.29, 0.717) is 13.1 Å². The molecule has 0 aliphatic heterocycles. The van der Waals surface area contributed by atoms with E-state index in [1.54, 1.807) is 0 Å². The summed E-state index contributed by atoms with van der Waals surface area (Å²) in [6.45, 7) is 4.42. The molecule has 66 valence electrons. The molecule has 0 unspecified atom stereocenters. The molecule has 0 amide bonds. The van der Waals surface area contributed by atoms with Gasteiger partial charge in [0, 0.05) is 0 Å². The number of aliphatic imine (C=N–C) groups is 2. The Hall–Kier alpha value is -1.73. The van der Waals surface area contributed by atoms with Gasteiger partial charge < -0.3 is 0 Å². The van der Waals surface area contributed by atoms with Crippen molar-refractivity contribution in [3.8, 4) is 0 Å². The SMILES string of the molecule is C=NCc1ccc(CN=C=O)cc1. The van der Waals surface area contributed by atoms with Gasteiger partial charge in [0.15, 0.2) is 0 Å². The normalized spacial score (nSPS) is 8.92. The van der Waals surface area contributed by atoms with Crippen LogP contribution in [0.1, 0.15) is 11.1 Å². The monoisotopic (exact) mass is 174 g/mol. The zero-order chi connectivity index (χ0) is 9.52. The smallest absolute Gasteiger partial charge is 0.235 e. The van der Waals surface area contributed by atoms with Gasteiger partial charge in [-0.3, -0.25) is 4.99 Å². The van der Waals surface area contributed by atoms with Crippen molar-refractivity contribution in [1.82, 2.24) is 0 Å². The molecule has 0 saturated carbocycles. The van der Waals surface area contributed by atoms with Gasteiger partial charge in [-0.2, -0.15) is 0 Å². The molecule has 0 aliphatic rings. The Morgan fingerprint density at radius 2 is 1.69 bits per heavy atom. The van der Waals surface area contributed by atoms with E-state index in [4.69, 9.17) is 0 Å². The van der Waals surface area contributed by atoms with Crippen molar-refractivity contribution in [2.24, 2.45) is 9.98 Å². The number of carbonyl (C=O) groups excluding carboxylic acids is 1. The molecule has 0 radical (unpaired) electrons. The van der Waals surface area contributed by atoms with Gasteiger partial charge in [0.1, 0.15) is 0 Å². The molecule has 0 saturated heterocycles. The first kappa shape index (κ1) is 9.36. The molecule has 0 aliphatic carbocycles. The summed E-state index contributed by atoms with van der Waals surface area (Å²) in [4.78, 5) is 17.1. The highest BCUT2D eigenvalue weighted by Crippen LogP contribution is 2.06. The lowest BCUT2D eigenvalue weighted by Crippen LogP contribution is -1.84. The minimum atomic E-state index is 0.394. The molecule has 1 aromatic carbocycles. The Balaban J connectivity index is 2.68. The molecule has 1 aromatic rings. The van der Waals surface area contributed by atoms with Crippen LogP contribution >= 0.6 is 0 Å². The highest BCUT2D eigenvalue weighted by molar-refractivity contribution is 5.34. The second-order valence-electron chi connectivity index (χ2n) is 2.61. The van der Waals surface area contributed by atoms with Gasteiger partial charge in [-0.05, 0) is 17.8 Å². The van der Waals surface area contributed by atoms with E-state index in [0.717, 1.165) is 11.1 Å². The summed E-state index contributed by atoms with van der Waals surface area (Å²) >= 11 is 0. The molecular weight excluding hydrogens is 164 g/mol. The first-order chi connectivity index (χ1) is 6.36. The lowest BCUT2D eigenvalue weighted by Gasteiger charge is -1.97. The summed E-state index contributed by atoms with van der Waals surface area (Å²) in [5, 5.41) is 0. The Bertz CT molecular complexity index is 323. The van der Waals surface area contributed by atoms with Crippen LogP contribution in [0.2, 0.25) is 0 Å². The van der Waals surface area contributed by atoms with E-state index in [9.17, 15) is 4.79 Å². The number of hydrogen-bond acceptors (Lipinski definition) is 3. The lowest BCUT2D eigenvalue weighted by molar-refractivity contribution is 0.563. The summed E-state index contributed by atoms with van der Waals surface area (Å²) in [6.07, 6.45) is 1.50. The van der Waals surface area contributed by atoms with Gasteiger partial charge in [-0.1, -0.05) is 24.3 Å². The number of rotatable bonds is 4. The zero-order valence-electron chi connectivity index (χ0n) is 7.23. The summed E-state index contributed by atoms with van der Waals surface area (Å²) < 4.78 is 0. The van der Waals surface area contributed by atoms with Crippen molar-refractivity contribution in [3.05, 3.63) is 35.4 Å². The third kappa shape index (κ3) is 3.01. The zero-order valence-corrected chi connectivity index (χ0v) is 7.23. The second-order valence-corrected chi connectivity index (χ2v) is 2.61. The molecule has 0 N–H and O–H groups in total. The molecule has 0 atom stereocenters. The van der Waals surface area contributed by atoms with E-state index in [1.807, 2.05) is 24.3 Å². The number of benzene rings is 1. The highest BCUT2D eigenvalue weighted by atomic mass is 16.1. The molecular formula is C10H10N2O. The van der Waals surface area contributed by atoms with Crippen molar-refractivity contribution in [1.29, 1.82) is 0 Å². The van der Waals surface area contributed by atoms with Crippen LogP contribution in [0.3, 0.4) is 0 Å². The Labute approximate surface area is 76.8 Å². The van der Waals surface area contributed by atoms with Gasteiger partial charge >= 0.3 is 0 Å². The molecule has 1 rings (SSSR count). The maximum Gasteiger partial charge on any atom is 0.235 e. The van der Waals surface area contributed by atoms with E-state index in [2.05, 4.69) is 16.7 Å². The first-order valence-electron chi connectivity index (χ1n) is 3.90. The molecule has 0 aromatic heterocycles. The second kappa shape index (κ2) is 5.01. The maximum absolute atomic E-state index is 9.83. The van der Waals surface area contributed by atoms with Gasteiger partial charge in [-0.15, -0.1) is 0 Å². The van der Waals surface area contributed by atoms with Crippen molar-refractivity contribution < 1.29 is 4.79 Å². The van der Waals surface area contributed by atoms with Crippen molar-refractivity contribution >= 4 is 12.8 Å². The van der Waals surface area contributed by atoms with E-state index < -0.39 is 0 Å². The Morgan fingerprint density at radius 3 is 2.15 bits per heavy atom. The topological polar surface area (TPSA) is 41.8 Å². The van der Waals surface area contributed by atoms with Crippen LogP contribution in [0.5, 0.6) is 0 Å². The van der Waals surface area contributed by atoms with Crippen LogP contribution in [-0.4, -0.2) is 12.8 Å². The lowest BCUT2D eigenvalue weighted by atomic mass is 10.1.